The van der Waals surface area contributed by atoms with Gasteiger partial charge in [0.1, 0.15) is 7.85 Å². The van der Waals surface area contributed by atoms with Crippen LogP contribution in [0.2, 0.25) is 0 Å². The van der Waals surface area contributed by atoms with Crippen molar-refractivity contribution in [2.24, 2.45) is 0 Å². The van der Waals surface area contributed by atoms with Crippen molar-refractivity contribution in [3.05, 3.63) is 33.9 Å². The molecule has 0 N–H and O–H groups in total. The first kappa shape index (κ1) is 8.34. The smallest absolute Gasteiger partial charge is 0.258 e. The van der Waals surface area contributed by atoms with Crippen LogP contribution >= 0.6 is 0 Å². The third kappa shape index (κ3) is 1.30. The third-order valence-corrected chi connectivity index (χ3v) is 1.42. The van der Waals surface area contributed by atoms with Crippen molar-refractivity contribution in [3.63, 3.8) is 0 Å². The molecule has 0 saturated carbocycles. The number of nitrogens with zero attached hydrogens (tertiary/aromatic N) is 1. The zero-order valence-electron chi connectivity index (χ0n) is 6.15. The van der Waals surface area contributed by atoms with Gasteiger partial charge in [0.05, 0.1) is 10.5 Å². The molecule has 4 heteroatoms. The number of rotatable bonds is 1. The second-order valence-electron chi connectivity index (χ2n) is 2.14. The monoisotopic (exact) mass is 157 g/mol. The van der Waals surface area contributed by atoms with Gasteiger partial charge in [-0.3, -0.25) is 10.1 Å². The van der Waals surface area contributed by atoms with Crippen LogP contribution in [0.1, 0.15) is 5.56 Å². The summed E-state index contributed by atoms with van der Waals surface area (Å²) < 4.78 is 0. The Morgan fingerprint density at radius 1 is 1.58 bits per heavy atom. The highest BCUT2D eigenvalue weighted by Gasteiger charge is 2.11. The van der Waals surface area contributed by atoms with E-state index in [4.69, 9.17) is 14.3 Å². The number of nitro groups is 1. The van der Waals surface area contributed by atoms with Crippen LogP contribution in [0.3, 0.4) is 0 Å². The van der Waals surface area contributed by atoms with E-state index >= 15 is 0 Å². The fraction of sp³-hybridized carbons (Fsp3) is 0. The van der Waals surface area contributed by atoms with E-state index in [9.17, 15) is 10.1 Å². The Bertz CT molecular complexity index is 368. The standard InChI is InChI=1S/C8H4BNO2/c1-2-6-7(9)4-3-5-8(6)10(11)12/h1,3-5H. The van der Waals surface area contributed by atoms with Gasteiger partial charge in [-0.2, -0.15) is 0 Å². The molecular formula is C8H4BNO2. The molecular weight excluding hydrogens is 153 g/mol. The van der Waals surface area contributed by atoms with Gasteiger partial charge in [0.25, 0.3) is 5.69 Å². The summed E-state index contributed by atoms with van der Waals surface area (Å²) in [6, 6.07) is 4.35. The summed E-state index contributed by atoms with van der Waals surface area (Å²) in [6.45, 7) is 0. The number of benzene rings is 1. The number of hydrogen-bond acceptors (Lipinski definition) is 2. The first-order chi connectivity index (χ1) is 5.66. The van der Waals surface area contributed by atoms with Gasteiger partial charge in [-0.25, -0.2) is 0 Å². The molecule has 0 atom stereocenters. The van der Waals surface area contributed by atoms with Gasteiger partial charge in [0.15, 0.2) is 0 Å². The Kier molecular flexibility index (Phi) is 2.15. The van der Waals surface area contributed by atoms with Gasteiger partial charge in [-0.05, 0) is 0 Å². The van der Waals surface area contributed by atoms with Crippen molar-refractivity contribution in [2.45, 2.75) is 0 Å². The van der Waals surface area contributed by atoms with Gasteiger partial charge >= 0.3 is 0 Å². The van der Waals surface area contributed by atoms with Crippen molar-refractivity contribution in [3.8, 4) is 12.3 Å². The zero-order valence-corrected chi connectivity index (χ0v) is 6.15. The van der Waals surface area contributed by atoms with Crippen molar-refractivity contribution in [1.29, 1.82) is 0 Å². The second-order valence-corrected chi connectivity index (χ2v) is 2.14. The van der Waals surface area contributed by atoms with E-state index in [2.05, 4.69) is 5.92 Å². The van der Waals surface area contributed by atoms with Crippen LogP contribution < -0.4 is 5.46 Å². The van der Waals surface area contributed by atoms with Crippen molar-refractivity contribution < 1.29 is 4.92 Å². The van der Waals surface area contributed by atoms with Crippen LogP contribution in [0.25, 0.3) is 0 Å². The van der Waals surface area contributed by atoms with Crippen molar-refractivity contribution in [2.75, 3.05) is 0 Å². The lowest BCUT2D eigenvalue weighted by Gasteiger charge is -1.98. The van der Waals surface area contributed by atoms with Gasteiger partial charge in [-0.15, -0.1) is 6.42 Å². The van der Waals surface area contributed by atoms with E-state index in [0.29, 0.717) is 0 Å². The van der Waals surface area contributed by atoms with Crippen LogP contribution in [0.15, 0.2) is 18.2 Å². The number of nitro benzene ring substituents is 1. The fourth-order valence-electron chi connectivity index (χ4n) is 0.867. The van der Waals surface area contributed by atoms with E-state index in [0.717, 1.165) is 0 Å². The maximum Gasteiger partial charge on any atom is 0.284 e. The van der Waals surface area contributed by atoms with Gasteiger partial charge < -0.3 is 0 Å². The molecule has 0 spiro atoms. The molecule has 0 aliphatic heterocycles. The van der Waals surface area contributed by atoms with Crippen molar-refractivity contribution >= 4 is 19.0 Å². The summed E-state index contributed by atoms with van der Waals surface area (Å²) in [5.41, 5.74) is 0.270. The van der Waals surface area contributed by atoms with Crippen LogP contribution in [0, 0.1) is 22.5 Å². The maximum absolute atomic E-state index is 10.4. The molecule has 0 saturated heterocycles. The molecule has 0 fully saturated rings. The van der Waals surface area contributed by atoms with Gasteiger partial charge in [-0.1, -0.05) is 23.5 Å². The Morgan fingerprint density at radius 3 is 2.67 bits per heavy atom. The number of terminal acetylenes is 1. The molecule has 0 aromatic heterocycles. The fourth-order valence-corrected chi connectivity index (χ4v) is 0.867. The number of hydrogen-bond donors (Lipinski definition) is 0. The minimum absolute atomic E-state index is 0.127. The highest BCUT2D eigenvalue weighted by atomic mass is 16.6. The Labute approximate surface area is 71.0 Å². The molecule has 0 heterocycles. The van der Waals surface area contributed by atoms with E-state index in [-0.39, 0.29) is 16.7 Å². The Morgan fingerprint density at radius 2 is 2.25 bits per heavy atom. The van der Waals surface area contributed by atoms with Crippen LogP contribution in [-0.4, -0.2) is 12.8 Å². The second kappa shape index (κ2) is 3.10. The third-order valence-electron chi connectivity index (χ3n) is 1.42. The molecule has 3 nitrogen and oxygen atoms in total. The van der Waals surface area contributed by atoms with E-state index in [1.54, 1.807) is 0 Å². The topological polar surface area (TPSA) is 43.1 Å². The predicted octanol–water partition coefficient (Wildman–Crippen LogP) is 0.370. The molecule has 1 aromatic rings. The molecule has 56 valence electrons. The molecule has 1 aromatic carbocycles. The van der Waals surface area contributed by atoms with E-state index < -0.39 is 4.92 Å². The summed E-state index contributed by atoms with van der Waals surface area (Å²) >= 11 is 0. The normalized spacial score (nSPS) is 8.92. The molecule has 0 amide bonds. The highest BCUT2D eigenvalue weighted by Crippen LogP contribution is 2.13. The summed E-state index contributed by atoms with van der Waals surface area (Å²) in [7, 11) is 5.42. The Balaban J connectivity index is 3.40. The minimum Gasteiger partial charge on any atom is -0.258 e. The molecule has 0 aliphatic rings. The van der Waals surface area contributed by atoms with Crippen LogP contribution in [0.4, 0.5) is 5.69 Å². The largest absolute Gasteiger partial charge is 0.284 e. The lowest BCUT2D eigenvalue weighted by atomic mass is 9.90. The van der Waals surface area contributed by atoms with Crippen molar-refractivity contribution in [1.82, 2.24) is 0 Å². The maximum atomic E-state index is 10.4. The van der Waals surface area contributed by atoms with Crippen LogP contribution in [0.5, 0.6) is 0 Å². The Hall–Kier alpha value is -1.76. The SMILES string of the molecule is [B]c1cccc([N+](=O)[O-])c1C#C. The molecule has 12 heavy (non-hydrogen) atoms. The summed E-state index contributed by atoms with van der Waals surface area (Å²) in [5, 5.41) is 10.4. The predicted molar refractivity (Wildman–Crippen MR) is 46.4 cm³/mol. The molecule has 0 aliphatic carbocycles. The molecule has 1 rings (SSSR count). The highest BCUT2D eigenvalue weighted by molar-refractivity contribution is 6.34. The average Bonchev–Trinajstić information content (AvgIpc) is 2.03. The van der Waals surface area contributed by atoms with Gasteiger partial charge in [0.2, 0.25) is 0 Å². The van der Waals surface area contributed by atoms with Crippen LogP contribution in [-0.2, 0) is 0 Å². The molecule has 2 radical (unpaired) electrons. The molecule has 0 bridgehead atoms. The van der Waals surface area contributed by atoms with Gasteiger partial charge in [0, 0.05) is 6.07 Å². The first-order valence-corrected chi connectivity index (χ1v) is 3.16. The summed E-state index contributed by atoms with van der Waals surface area (Å²) in [4.78, 5) is 9.84. The van der Waals surface area contributed by atoms with E-state index in [1.165, 1.54) is 18.2 Å². The minimum atomic E-state index is -0.550. The van der Waals surface area contributed by atoms with E-state index in [1.807, 2.05) is 0 Å². The molecule has 0 unspecified atom stereocenters. The average molecular weight is 157 g/mol. The quantitative estimate of drug-likeness (QED) is 0.256. The zero-order chi connectivity index (χ0) is 9.14. The first-order valence-electron chi connectivity index (χ1n) is 3.16. The lowest BCUT2D eigenvalue weighted by molar-refractivity contribution is -0.385. The summed E-state index contributed by atoms with van der Waals surface area (Å²) in [5.74, 6) is 2.18. The summed E-state index contributed by atoms with van der Waals surface area (Å²) in [6.07, 6.45) is 5.05. The lowest BCUT2D eigenvalue weighted by Crippen LogP contribution is -2.09.